The maximum Gasteiger partial charge on any atom is 4.00 e. The number of rotatable bonds is 4. The van der Waals surface area contributed by atoms with Crippen molar-refractivity contribution in [1.29, 1.82) is 0 Å². The minimum Gasteiger partial charge on any atom is -0.656 e. The van der Waals surface area contributed by atoms with E-state index in [1.807, 2.05) is 261 Å². The Kier molecular flexibility index (Phi) is 35.4. The molecule has 0 saturated carbocycles. The largest absolute Gasteiger partial charge is 4.00 e. The predicted octanol–water partition coefficient (Wildman–Crippen LogP) is 30.0. The van der Waals surface area contributed by atoms with Crippen molar-refractivity contribution >= 4 is 43.1 Å². The number of hydrogen-bond donors (Lipinski definition) is 1. The molecule has 17 rings (SSSR count). The molecule has 585 valence electrons. The van der Waals surface area contributed by atoms with Crippen LogP contribution >= 0.6 is 0 Å². The van der Waals surface area contributed by atoms with Crippen LogP contribution in [0.1, 0.15) is 144 Å². The standard InChI is InChI=1S/C31H32N2.C31H31N2.7C7H7.2Zr/c2*1-30(2,3)22-12-10-20-17-21-11-13-23(31(4,5)6)19-25(21)29(24(20)18-22)28-15-14-27(33-28)26-9-7-8-16-32-26;7*1-7-5-3-2-4-6-7;;/h7-19,33H,1-6H3;7-19H,1-6H3;7*2-6H,1H2;;/q;8*-1;+3;+4. The first-order valence-corrected chi connectivity index (χ1v) is 39.3. The number of H-pyrrole nitrogens is 1. The summed E-state index contributed by atoms with van der Waals surface area (Å²) in [5.41, 5.74) is 21.6. The summed E-state index contributed by atoms with van der Waals surface area (Å²) in [7, 11) is 0. The van der Waals surface area contributed by atoms with Gasteiger partial charge in [0.05, 0.1) is 11.4 Å². The summed E-state index contributed by atoms with van der Waals surface area (Å²) >= 11 is 0. The fourth-order valence-corrected chi connectivity index (χ4v) is 12.4. The first-order chi connectivity index (χ1) is 55.0. The maximum absolute atomic E-state index is 5.07. The first kappa shape index (κ1) is 92.8. The molecule has 0 aliphatic carbocycles. The second-order valence-corrected chi connectivity index (χ2v) is 32.6. The van der Waals surface area contributed by atoms with Crippen molar-refractivity contribution in [3.8, 4) is 45.3 Å². The third-order valence-corrected chi connectivity index (χ3v) is 19.0. The molecule has 0 aliphatic rings. The van der Waals surface area contributed by atoms with Crippen LogP contribution in [-0.2, 0) is 74.1 Å². The van der Waals surface area contributed by atoms with Gasteiger partial charge < -0.3 is 9.97 Å². The molecule has 17 aromatic rings. The average molecular weight is 1680 g/mol. The monoisotopic (exact) mass is 1680 g/mol. The van der Waals surface area contributed by atoms with E-state index in [0.29, 0.717) is 0 Å². The molecule has 4 nitrogen and oxygen atoms in total. The van der Waals surface area contributed by atoms with E-state index in [1.54, 1.807) is 0 Å². The fourth-order valence-electron chi connectivity index (χ4n) is 12.4. The molecule has 0 atom stereocenters. The van der Waals surface area contributed by atoms with Crippen molar-refractivity contribution in [2.45, 2.75) is 105 Å². The van der Waals surface area contributed by atoms with Gasteiger partial charge in [-0.2, -0.15) is 172 Å². The number of nitrogens with zero attached hydrogens (tertiary/aromatic N) is 3. The molecule has 4 heterocycles. The Balaban J connectivity index is 0.000000204. The molecule has 4 aromatic heterocycles. The van der Waals surface area contributed by atoms with Crippen LogP contribution in [0.4, 0.5) is 0 Å². The third kappa shape index (κ3) is 29.1. The zero-order valence-corrected chi connectivity index (χ0v) is 75.4. The molecular weight excluding hydrogens is 1570 g/mol. The predicted molar refractivity (Wildman–Crippen MR) is 499 cm³/mol. The second-order valence-electron chi connectivity index (χ2n) is 32.6. The number of aromatic nitrogens is 4. The number of aromatic amines is 1. The number of pyridine rings is 2. The van der Waals surface area contributed by atoms with E-state index in [9.17, 15) is 0 Å². The van der Waals surface area contributed by atoms with Crippen LogP contribution in [0.15, 0.2) is 370 Å². The van der Waals surface area contributed by atoms with Gasteiger partial charge >= 0.3 is 52.4 Å². The Labute approximate surface area is 739 Å². The SMILES string of the molecule is CC(C)(C)c1ccc2cc3ccc(C(C)(C)C)cc3c(-c3ccc(-c4ccccn4)[n-]3)c2c1.CC(C)(C)c1ccc2cc3ccc(C(C)(C)C)cc3c(-c3ccc(-c4ccccn4)[nH]3)c2c1.[CH2-]c1ccccc1.[CH2-]c1ccccc1.[CH2-]c1ccccc1.[CH2-]c1ccccc1.[CH2-]c1ccccc1.[CH2-]c1ccccc1.[CH2-]c1ccccc1.[Zr+3].[Zr+4]. The Morgan fingerprint density at radius 2 is 0.479 bits per heavy atom. The Hall–Kier alpha value is -11.4. The van der Waals surface area contributed by atoms with Crippen LogP contribution in [0.2, 0.25) is 0 Å². The van der Waals surface area contributed by atoms with E-state index in [4.69, 9.17) is 4.98 Å². The smallest absolute Gasteiger partial charge is 0.656 e. The van der Waals surface area contributed by atoms with Gasteiger partial charge in [-0.25, -0.2) is 0 Å². The van der Waals surface area contributed by atoms with E-state index in [2.05, 4.69) is 256 Å². The minimum atomic E-state index is 0. The van der Waals surface area contributed by atoms with Crippen molar-refractivity contribution in [3.05, 3.63) is 480 Å². The van der Waals surface area contributed by atoms with Crippen LogP contribution in [0.5, 0.6) is 0 Å². The summed E-state index contributed by atoms with van der Waals surface area (Å²) in [4.78, 5) is 17.8. The van der Waals surface area contributed by atoms with Crippen LogP contribution in [-0.4, -0.2) is 15.0 Å². The van der Waals surface area contributed by atoms with Gasteiger partial charge in [0, 0.05) is 29.3 Å². The van der Waals surface area contributed by atoms with Gasteiger partial charge in [-0.1, -0.05) is 210 Å². The molecule has 0 amide bonds. The summed E-state index contributed by atoms with van der Waals surface area (Å²) < 4.78 is 0. The van der Waals surface area contributed by atoms with Crippen molar-refractivity contribution in [1.82, 2.24) is 19.9 Å². The normalized spacial score (nSPS) is 10.7. The Morgan fingerprint density at radius 3 is 0.718 bits per heavy atom. The number of benzene rings is 13. The zero-order chi connectivity index (χ0) is 82.6. The molecular formula is C111H112N4Zr2-. The van der Waals surface area contributed by atoms with Crippen LogP contribution in [0, 0.1) is 48.5 Å². The molecule has 1 radical (unpaired) electrons. The van der Waals surface area contributed by atoms with Gasteiger partial charge in [0.2, 0.25) is 0 Å². The van der Waals surface area contributed by atoms with Gasteiger partial charge in [0.15, 0.2) is 0 Å². The second kappa shape index (κ2) is 44.6. The van der Waals surface area contributed by atoms with E-state index < -0.39 is 0 Å². The number of nitrogens with one attached hydrogen (secondary N) is 1. The van der Waals surface area contributed by atoms with E-state index in [-0.39, 0.29) is 74.1 Å². The molecule has 0 saturated heterocycles. The average Bonchev–Trinajstić information content (AvgIpc) is 1.72. The van der Waals surface area contributed by atoms with Crippen molar-refractivity contribution in [3.63, 3.8) is 0 Å². The topological polar surface area (TPSA) is 55.7 Å². The summed E-state index contributed by atoms with van der Waals surface area (Å²) in [6, 6.07) is 122. The summed E-state index contributed by atoms with van der Waals surface area (Å²) in [5, 5.41) is 10.1. The van der Waals surface area contributed by atoms with Gasteiger partial charge in [-0.3, -0.25) is 9.97 Å². The van der Waals surface area contributed by atoms with Crippen LogP contribution in [0.25, 0.3) is 88.4 Å². The van der Waals surface area contributed by atoms with Crippen molar-refractivity contribution < 1.29 is 52.4 Å². The maximum atomic E-state index is 5.07. The molecule has 0 aliphatic heterocycles. The van der Waals surface area contributed by atoms with E-state index in [0.717, 1.165) is 73.1 Å². The van der Waals surface area contributed by atoms with Crippen molar-refractivity contribution in [2.75, 3.05) is 0 Å². The minimum absolute atomic E-state index is 0. The Morgan fingerprint density at radius 1 is 0.239 bits per heavy atom. The van der Waals surface area contributed by atoms with E-state index >= 15 is 0 Å². The first-order valence-electron chi connectivity index (χ1n) is 39.3. The third-order valence-electron chi connectivity index (χ3n) is 19.0. The van der Waals surface area contributed by atoms with E-state index in [1.165, 1.54) is 76.5 Å². The molecule has 0 fully saturated rings. The summed E-state index contributed by atoms with van der Waals surface area (Å²) in [5.74, 6) is 0. The van der Waals surface area contributed by atoms with Crippen LogP contribution in [0.3, 0.4) is 0 Å². The summed E-state index contributed by atoms with van der Waals surface area (Å²) in [6.07, 6.45) is 3.66. The molecule has 117 heavy (non-hydrogen) atoms. The quantitative estimate of drug-likeness (QED) is 0.141. The molecule has 0 bridgehead atoms. The Bertz CT molecular complexity index is 4980. The van der Waals surface area contributed by atoms with Gasteiger partial charge in [-0.05, 0) is 153 Å². The van der Waals surface area contributed by atoms with Gasteiger partial charge in [0.1, 0.15) is 0 Å². The number of hydrogen-bond acceptors (Lipinski definition) is 2. The van der Waals surface area contributed by atoms with Gasteiger partial charge in [0.25, 0.3) is 0 Å². The number of fused-ring (bicyclic) bond motifs is 4. The van der Waals surface area contributed by atoms with Crippen LogP contribution < -0.4 is 4.98 Å². The molecule has 0 unspecified atom stereocenters. The molecule has 1 N–H and O–H groups in total. The molecule has 6 heteroatoms. The zero-order valence-electron chi connectivity index (χ0n) is 70.5. The van der Waals surface area contributed by atoms with Crippen molar-refractivity contribution in [2.24, 2.45) is 0 Å². The fraction of sp³-hybridized carbons (Fsp3) is 0.144. The molecule has 0 spiro atoms. The summed E-state index contributed by atoms with van der Waals surface area (Å²) in [6.45, 7) is 53.3. The van der Waals surface area contributed by atoms with Gasteiger partial charge in [-0.15, -0.1) is 96.3 Å². The molecule has 13 aromatic carbocycles.